The summed E-state index contributed by atoms with van der Waals surface area (Å²) < 4.78 is 4.21. The van der Waals surface area contributed by atoms with Gasteiger partial charge in [-0.1, -0.05) is 71.6 Å². The summed E-state index contributed by atoms with van der Waals surface area (Å²) in [6.07, 6.45) is 4.90. The highest BCUT2D eigenvalue weighted by Gasteiger charge is 2.37. The van der Waals surface area contributed by atoms with Crippen LogP contribution in [0.5, 0.6) is 0 Å². The lowest BCUT2D eigenvalue weighted by molar-refractivity contribution is 0.102. The maximum Gasteiger partial charge on any atom is 0.319 e. The highest BCUT2D eigenvalue weighted by molar-refractivity contribution is 9.10. The minimum Gasteiger partial charge on any atom is -0.328 e. The Morgan fingerprint density at radius 3 is 2.32 bits per heavy atom. The Balaban J connectivity index is 1.33. The molecule has 3 N–H and O–H groups in total. The zero-order valence-corrected chi connectivity index (χ0v) is 25.0. The van der Waals surface area contributed by atoms with Gasteiger partial charge in [0.1, 0.15) is 5.69 Å². The van der Waals surface area contributed by atoms with Crippen LogP contribution in [0.1, 0.15) is 59.3 Å². The van der Waals surface area contributed by atoms with E-state index >= 15 is 0 Å². The predicted octanol–water partition coefficient (Wildman–Crippen LogP) is 6.79. The summed E-state index contributed by atoms with van der Waals surface area (Å²) in [6, 6.07) is 21.9. The van der Waals surface area contributed by atoms with Crippen molar-refractivity contribution in [3.63, 3.8) is 0 Å². The van der Waals surface area contributed by atoms with Crippen LogP contribution in [0.25, 0.3) is 5.69 Å². The van der Waals surface area contributed by atoms with E-state index in [1.807, 2.05) is 37.3 Å². The highest BCUT2D eigenvalue weighted by Crippen LogP contribution is 2.40. The fraction of sp³-hybridized carbons (Fsp3) is 0.281. The third-order valence-corrected chi connectivity index (χ3v) is 8.53. The number of nitrogens with zero attached hydrogens (tertiary/aromatic N) is 2. The molecule has 0 radical (unpaired) electrons. The summed E-state index contributed by atoms with van der Waals surface area (Å²) >= 11 is 3.72. The topological polar surface area (TPSA) is 97.2 Å². The van der Waals surface area contributed by atoms with Crippen LogP contribution in [0.3, 0.4) is 0 Å². The first-order valence-electron chi connectivity index (χ1n) is 13.8. The van der Waals surface area contributed by atoms with Crippen molar-refractivity contribution >= 4 is 39.2 Å². The largest absolute Gasteiger partial charge is 0.328 e. The zero-order valence-electron chi connectivity index (χ0n) is 23.5. The summed E-state index contributed by atoms with van der Waals surface area (Å²) in [6.45, 7) is 3.83. The maximum atomic E-state index is 13.3. The number of aryl methyl sites for hydroxylation is 1. The molecule has 212 valence electrons. The van der Waals surface area contributed by atoms with Gasteiger partial charge < -0.3 is 16.0 Å². The van der Waals surface area contributed by atoms with E-state index in [0.717, 1.165) is 47.7 Å². The molecular weight excluding hydrogens is 582 g/mol. The Bertz CT molecular complexity index is 1650. The van der Waals surface area contributed by atoms with Crippen LogP contribution in [-0.4, -0.2) is 21.3 Å². The average molecular weight is 617 g/mol. The van der Waals surface area contributed by atoms with Crippen molar-refractivity contribution in [1.29, 1.82) is 0 Å². The van der Waals surface area contributed by atoms with Crippen molar-refractivity contribution in [1.82, 2.24) is 14.7 Å². The Kier molecular flexibility index (Phi) is 8.17. The lowest BCUT2D eigenvalue weighted by Gasteiger charge is -2.39. The van der Waals surface area contributed by atoms with Gasteiger partial charge in [0.2, 0.25) is 0 Å². The second kappa shape index (κ2) is 11.8. The Hall–Kier alpha value is -4.11. The number of halogens is 1. The molecule has 1 heterocycles. The van der Waals surface area contributed by atoms with Crippen molar-refractivity contribution in [2.45, 2.75) is 51.5 Å². The zero-order chi connectivity index (χ0) is 29.1. The number of carbonyl (C=O) groups is 2. The third-order valence-electron chi connectivity index (χ3n) is 7.88. The lowest BCUT2D eigenvalue weighted by atomic mass is 9.76. The van der Waals surface area contributed by atoms with E-state index in [-0.39, 0.29) is 17.3 Å². The number of urea groups is 1. The van der Waals surface area contributed by atoms with Crippen molar-refractivity contribution < 1.29 is 9.59 Å². The van der Waals surface area contributed by atoms with Crippen molar-refractivity contribution in [2.24, 2.45) is 7.05 Å². The fourth-order valence-electron chi connectivity index (χ4n) is 5.64. The molecule has 1 aliphatic carbocycles. The first-order valence-corrected chi connectivity index (χ1v) is 14.6. The molecule has 0 atom stereocenters. The monoisotopic (exact) mass is 615 g/mol. The SMILES string of the molecule is Cc1ccc(C2(NC(=O)Nc3cccc(C(=O)Nc4c(C)n(C)n(-c5ccccc5)c4=O)c3)CCCCC2)c(Br)c1. The van der Waals surface area contributed by atoms with Gasteiger partial charge in [-0.05, 0) is 74.2 Å². The molecule has 0 spiro atoms. The van der Waals surface area contributed by atoms with Crippen LogP contribution in [0.2, 0.25) is 0 Å². The van der Waals surface area contributed by atoms with Crippen LogP contribution in [0, 0.1) is 13.8 Å². The Morgan fingerprint density at radius 1 is 0.878 bits per heavy atom. The number of hydrogen-bond donors (Lipinski definition) is 3. The molecule has 3 aromatic carbocycles. The van der Waals surface area contributed by atoms with Gasteiger partial charge in [0.25, 0.3) is 11.5 Å². The van der Waals surface area contributed by atoms with Gasteiger partial charge in [-0.25, -0.2) is 9.48 Å². The number of amides is 3. The number of rotatable bonds is 6. The van der Waals surface area contributed by atoms with Crippen molar-refractivity contribution in [2.75, 3.05) is 10.6 Å². The molecule has 9 heteroatoms. The highest BCUT2D eigenvalue weighted by atomic mass is 79.9. The van der Waals surface area contributed by atoms with Crippen LogP contribution in [0.15, 0.2) is 82.1 Å². The fourth-order valence-corrected chi connectivity index (χ4v) is 6.51. The maximum absolute atomic E-state index is 13.3. The molecular formula is C32H34BrN5O3. The predicted molar refractivity (Wildman–Crippen MR) is 166 cm³/mol. The molecule has 4 aromatic rings. The number of anilines is 2. The smallest absolute Gasteiger partial charge is 0.319 e. The van der Waals surface area contributed by atoms with Gasteiger partial charge in [-0.2, -0.15) is 0 Å². The summed E-state index contributed by atoms with van der Waals surface area (Å²) in [7, 11) is 1.77. The van der Waals surface area contributed by atoms with E-state index in [2.05, 4.69) is 50.1 Å². The van der Waals surface area contributed by atoms with Crippen LogP contribution in [0.4, 0.5) is 16.2 Å². The molecule has 1 aromatic heterocycles. The molecule has 3 amide bonds. The summed E-state index contributed by atoms with van der Waals surface area (Å²) in [5.41, 5.74) is 3.77. The van der Waals surface area contributed by atoms with Gasteiger partial charge in [0.15, 0.2) is 0 Å². The van der Waals surface area contributed by atoms with E-state index in [1.54, 1.807) is 42.9 Å². The molecule has 5 rings (SSSR count). The molecule has 41 heavy (non-hydrogen) atoms. The van der Waals surface area contributed by atoms with Gasteiger partial charge in [-0.15, -0.1) is 0 Å². The van der Waals surface area contributed by atoms with Gasteiger partial charge in [0.05, 0.1) is 16.9 Å². The second-order valence-corrected chi connectivity index (χ2v) is 11.5. The van der Waals surface area contributed by atoms with E-state index in [9.17, 15) is 14.4 Å². The van der Waals surface area contributed by atoms with Crippen LogP contribution in [-0.2, 0) is 12.6 Å². The molecule has 0 unspecified atom stereocenters. The Morgan fingerprint density at radius 2 is 1.61 bits per heavy atom. The molecule has 0 bridgehead atoms. The quantitative estimate of drug-likeness (QED) is 0.223. The first kappa shape index (κ1) is 28.4. The Labute approximate surface area is 247 Å². The molecule has 1 aliphatic rings. The van der Waals surface area contributed by atoms with Crippen molar-refractivity contribution in [3.05, 3.63) is 110 Å². The lowest BCUT2D eigenvalue weighted by Crippen LogP contribution is -2.49. The van der Waals surface area contributed by atoms with E-state index in [0.29, 0.717) is 22.6 Å². The number of hydrogen-bond acceptors (Lipinski definition) is 3. The minimum absolute atomic E-state index is 0.209. The number of nitrogens with one attached hydrogen (secondary N) is 3. The van der Waals surface area contributed by atoms with Crippen LogP contribution < -0.4 is 21.5 Å². The first-order chi connectivity index (χ1) is 19.7. The number of aromatic nitrogens is 2. The summed E-state index contributed by atoms with van der Waals surface area (Å²) in [5.74, 6) is -0.438. The molecule has 0 saturated heterocycles. The van der Waals surface area contributed by atoms with Crippen molar-refractivity contribution in [3.8, 4) is 5.69 Å². The van der Waals surface area contributed by atoms with E-state index in [1.165, 1.54) is 4.68 Å². The molecule has 0 aliphatic heterocycles. The van der Waals surface area contributed by atoms with Gasteiger partial charge >= 0.3 is 6.03 Å². The normalized spacial score (nSPS) is 14.3. The average Bonchev–Trinajstić information content (AvgIpc) is 3.16. The second-order valence-electron chi connectivity index (χ2n) is 10.7. The minimum atomic E-state index is -0.479. The molecule has 1 saturated carbocycles. The number of carbonyl (C=O) groups excluding carboxylic acids is 2. The van der Waals surface area contributed by atoms with E-state index in [4.69, 9.17) is 0 Å². The number of benzene rings is 3. The summed E-state index contributed by atoms with van der Waals surface area (Å²) in [4.78, 5) is 39.7. The molecule has 1 fully saturated rings. The summed E-state index contributed by atoms with van der Waals surface area (Å²) in [5, 5.41) is 8.96. The number of para-hydroxylation sites is 1. The van der Waals surface area contributed by atoms with Gasteiger partial charge in [0, 0.05) is 22.8 Å². The molecule has 8 nitrogen and oxygen atoms in total. The van der Waals surface area contributed by atoms with E-state index < -0.39 is 11.4 Å². The van der Waals surface area contributed by atoms with Crippen LogP contribution >= 0.6 is 15.9 Å². The van der Waals surface area contributed by atoms with Gasteiger partial charge in [-0.3, -0.25) is 14.3 Å². The standard InChI is InChI=1S/C32H34BrN5O3/c1-21-15-16-26(27(33)19-21)32(17-8-5-9-18-32)36-31(41)34-24-12-10-11-23(20-24)29(39)35-28-22(2)37(3)38(30(28)40)25-13-6-4-7-14-25/h4,6-7,10-16,19-20H,5,8-9,17-18H2,1-3H3,(H,35,39)(H2,34,36,41). The third kappa shape index (κ3) is 5.86.